The largest absolute Gasteiger partial charge is 0.346 e. The van der Waals surface area contributed by atoms with Crippen molar-refractivity contribution in [3.8, 4) is 6.07 Å². The zero-order valence-electron chi connectivity index (χ0n) is 17.6. The molecule has 3 heterocycles. The van der Waals surface area contributed by atoms with Crippen LogP contribution >= 0.6 is 0 Å². The fraction of sp³-hybridized carbons (Fsp3) is 0.591. The lowest BCUT2D eigenvalue weighted by atomic mass is 9.79. The zero-order chi connectivity index (χ0) is 20.9. The van der Waals surface area contributed by atoms with Crippen molar-refractivity contribution in [1.82, 2.24) is 19.8 Å². The Morgan fingerprint density at radius 3 is 2.67 bits per heavy atom. The minimum atomic E-state index is 0.386. The first kappa shape index (κ1) is 20.8. The van der Waals surface area contributed by atoms with Gasteiger partial charge in [-0.25, -0.2) is 10.8 Å². The number of nitrogens with two attached hydrogens (primary N) is 1. The van der Waals surface area contributed by atoms with Gasteiger partial charge in [0.05, 0.1) is 17.5 Å². The van der Waals surface area contributed by atoms with Crippen LogP contribution in [0.1, 0.15) is 37.7 Å². The normalized spacial score (nSPS) is 26.9. The second kappa shape index (κ2) is 9.56. The van der Waals surface area contributed by atoms with Crippen molar-refractivity contribution in [3.05, 3.63) is 23.5 Å². The van der Waals surface area contributed by atoms with Gasteiger partial charge in [-0.15, -0.1) is 0 Å². The van der Waals surface area contributed by atoms with Crippen LogP contribution in [0.3, 0.4) is 0 Å². The van der Waals surface area contributed by atoms with Crippen molar-refractivity contribution >= 4 is 24.6 Å². The van der Waals surface area contributed by atoms with Crippen molar-refractivity contribution < 1.29 is 0 Å². The Morgan fingerprint density at radius 2 is 1.97 bits per heavy atom. The van der Waals surface area contributed by atoms with Gasteiger partial charge in [0, 0.05) is 63.4 Å². The number of nitrogens with one attached hydrogen (secondary N) is 1. The Kier molecular flexibility index (Phi) is 6.62. The minimum Gasteiger partial charge on any atom is -0.346 e. The first-order valence-electron chi connectivity index (χ1n) is 11.0. The number of fused-ring (bicyclic) bond motifs is 1. The number of H-pyrrole nitrogens is 1. The van der Waals surface area contributed by atoms with E-state index in [1.54, 1.807) is 11.3 Å². The predicted octanol–water partition coefficient (Wildman–Crippen LogP) is 2.57. The highest BCUT2D eigenvalue weighted by Gasteiger charge is 2.30. The number of nitrogens with zero attached hydrogens (tertiary/aromatic N) is 6. The van der Waals surface area contributed by atoms with Crippen molar-refractivity contribution in [1.29, 1.82) is 5.26 Å². The van der Waals surface area contributed by atoms with Gasteiger partial charge in [0.25, 0.3) is 0 Å². The molecule has 0 atom stereocenters. The summed E-state index contributed by atoms with van der Waals surface area (Å²) in [6.45, 7) is 10.4. The van der Waals surface area contributed by atoms with Crippen molar-refractivity contribution in [3.63, 3.8) is 0 Å². The lowest BCUT2D eigenvalue weighted by molar-refractivity contribution is 0.108. The predicted molar refractivity (Wildman–Crippen MR) is 120 cm³/mol. The SMILES string of the molecule is C=N/C(=C1/c2cc[nH]c2N=CN1N)[C@H]1CC[C@H](CN2CCN(CCC#N)CC2)CC1. The van der Waals surface area contributed by atoms with Crippen LogP contribution in [0.25, 0.3) is 5.70 Å². The summed E-state index contributed by atoms with van der Waals surface area (Å²) in [5.74, 6) is 8.18. The molecule has 1 saturated heterocycles. The third kappa shape index (κ3) is 4.48. The number of allylic oxidation sites excluding steroid dienone is 1. The van der Waals surface area contributed by atoms with Crippen molar-refractivity contribution in [2.45, 2.75) is 32.1 Å². The van der Waals surface area contributed by atoms with E-state index in [2.05, 4.69) is 37.6 Å². The summed E-state index contributed by atoms with van der Waals surface area (Å²) < 4.78 is 0. The van der Waals surface area contributed by atoms with Crippen LogP contribution in [0.5, 0.6) is 0 Å². The summed E-state index contributed by atoms with van der Waals surface area (Å²) in [4.78, 5) is 16.9. The Labute approximate surface area is 178 Å². The first-order chi connectivity index (χ1) is 14.7. The molecule has 8 heteroatoms. The lowest BCUT2D eigenvalue weighted by Gasteiger charge is -2.38. The summed E-state index contributed by atoms with van der Waals surface area (Å²) in [5.41, 5.74) is 2.92. The smallest absolute Gasteiger partial charge is 0.141 e. The number of rotatable bonds is 6. The molecule has 0 unspecified atom stereocenters. The summed E-state index contributed by atoms with van der Waals surface area (Å²) >= 11 is 0. The van der Waals surface area contributed by atoms with Crippen LogP contribution in [0.15, 0.2) is 27.9 Å². The van der Waals surface area contributed by atoms with Crippen LogP contribution in [0, 0.1) is 23.2 Å². The van der Waals surface area contributed by atoms with Gasteiger partial charge in [-0.1, -0.05) is 0 Å². The van der Waals surface area contributed by atoms with E-state index in [-0.39, 0.29) is 0 Å². The Balaban J connectivity index is 1.33. The summed E-state index contributed by atoms with van der Waals surface area (Å²) in [6.07, 6.45) is 8.83. The number of hydrogen-bond acceptors (Lipinski definition) is 7. The van der Waals surface area contributed by atoms with Crippen LogP contribution in [-0.2, 0) is 0 Å². The molecule has 0 radical (unpaired) electrons. The Hall–Kier alpha value is -2.47. The van der Waals surface area contributed by atoms with E-state index in [4.69, 9.17) is 11.1 Å². The number of aromatic amines is 1. The second-order valence-corrected chi connectivity index (χ2v) is 8.55. The first-order valence-corrected chi connectivity index (χ1v) is 11.0. The molecule has 2 fully saturated rings. The Morgan fingerprint density at radius 1 is 1.23 bits per heavy atom. The van der Waals surface area contributed by atoms with Crippen LogP contribution < -0.4 is 5.84 Å². The number of aliphatic imine (C=N–C) groups is 2. The molecule has 0 aromatic carbocycles. The maximum atomic E-state index is 8.76. The highest BCUT2D eigenvalue weighted by molar-refractivity contribution is 5.87. The molecule has 0 spiro atoms. The van der Waals surface area contributed by atoms with E-state index in [1.165, 1.54) is 19.4 Å². The fourth-order valence-corrected chi connectivity index (χ4v) is 5.03. The number of nitriles is 1. The van der Waals surface area contributed by atoms with Gasteiger partial charge in [0.1, 0.15) is 12.2 Å². The second-order valence-electron chi connectivity index (χ2n) is 8.55. The monoisotopic (exact) mass is 408 g/mol. The fourth-order valence-electron chi connectivity index (χ4n) is 5.03. The number of hydrogen-bond donors (Lipinski definition) is 2. The van der Waals surface area contributed by atoms with Gasteiger partial charge >= 0.3 is 0 Å². The topological polar surface area (TPSA) is 100 Å². The molecule has 4 rings (SSSR count). The molecular formula is C22H32N8. The van der Waals surface area contributed by atoms with E-state index in [1.807, 2.05) is 12.3 Å². The van der Waals surface area contributed by atoms with Gasteiger partial charge in [-0.05, 0) is 44.4 Å². The molecule has 1 saturated carbocycles. The standard InChI is InChI=1S/C22H32N8/c1-25-20(21-19-7-9-26-22(19)27-16-30(21)24)18-5-3-17(4-6-18)15-29-13-11-28(12-14-29)10-2-8-23/h7,9,16-18,26H,1-6,10-15,24H2/b21-20-/t17-,18-. The number of piperazine rings is 1. The highest BCUT2D eigenvalue weighted by atomic mass is 15.4. The van der Waals surface area contributed by atoms with Gasteiger partial charge < -0.3 is 9.88 Å². The van der Waals surface area contributed by atoms with E-state index < -0.39 is 0 Å². The molecule has 30 heavy (non-hydrogen) atoms. The highest BCUT2D eigenvalue weighted by Crippen LogP contribution is 2.40. The molecular weight excluding hydrogens is 376 g/mol. The van der Waals surface area contributed by atoms with Crippen molar-refractivity contribution in [2.75, 3.05) is 39.3 Å². The molecule has 1 aromatic rings. The molecule has 0 bridgehead atoms. The maximum Gasteiger partial charge on any atom is 0.141 e. The number of aromatic nitrogens is 1. The molecule has 160 valence electrons. The van der Waals surface area contributed by atoms with Crippen LogP contribution in [-0.4, -0.2) is 72.1 Å². The average molecular weight is 409 g/mol. The molecule has 3 aliphatic rings. The lowest BCUT2D eigenvalue weighted by Crippen LogP contribution is -2.48. The van der Waals surface area contributed by atoms with Gasteiger partial charge in [-0.3, -0.25) is 14.9 Å². The van der Waals surface area contributed by atoms with Crippen LogP contribution in [0.4, 0.5) is 5.82 Å². The van der Waals surface area contributed by atoms with E-state index in [0.29, 0.717) is 12.3 Å². The quantitative estimate of drug-likeness (QED) is 0.557. The number of hydrazine groups is 1. The maximum absolute atomic E-state index is 8.76. The zero-order valence-corrected chi connectivity index (χ0v) is 17.6. The van der Waals surface area contributed by atoms with Gasteiger partial charge in [0.2, 0.25) is 0 Å². The summed E-state index contributed by atoms with van der Waals surface area (Å²) in [7, 11) is 0. The van der Waals surface area contributed by atoms with Gasteiger partial charge in [-0.2, -0.15) is 5.26 Å². The minimum absolute atomic E-state index is 0.386. The molecule has 1 aromatic heterocycles. The van der Waals surface area contributed by atoms with E-state index in [0.717, 1.165) is 74.3 Å². The molecule has 3 N–H and O–H groups in total. The van der Waals surface area contributed by atoms with Crippen molar-refractivity contribution in [2.24, 2.45) is 27.7 Å². The summed E-state index contributed by atoms with van der Waals surface area (Å²) in [5, 5.41) is 10.3. The third-order valence-corrected chi connectivity index (χ3v) is 6.72. The Bertz CT molecular complexity index is 832. The third-order valence-electron chi connectivity index (χ3n) is 6.72. The summed E-state index contributed by atoms with van der Waals surface area (Å²) in [6, 6.07) is 4.26. The molecule has 8 nitrogen and oxygen atoms in total. The molecule has 0 amide bonds. The van der Waals surface area contributed by atoms with Gasteiger partial charge in [0.15, 0.2) is 0 Å². The van der Waals surface area contributed by atoms with E-state index >= 15 is 0 Å². The van der Waals surface area contributed by atoms with Crippen LogP contribution in [0.2, 0.25) is 0 Å². The average Bonchev–Trinajstić information content (AvgIpc) is 3.25. The molecule has 1 aliphatic carbocycles. The molecule has 2 aliphatic heterocycles. The van der Waals surface area contributed by atoms with E-state index in [9.17, 15) is 0 Å².